The van der Waals surface area contributed by atoms with Crippen LogP contribution < -0.4 is 14.8 Å². The molecule has 1 heterocycles. The molecular weight excluding hydrogens is 250 g/mol. The van der Waals surface area contributed by atoms with Crippen molar-refractivity contribution >= 4 is 11.6 Å². The largest absolute Gasteiger partial charge is 0.493 e. The molecule has 0 bridgehead atoms. The zero-order valence-corrected chi connectivity index (χ0v) is 11.9. The van der Waals surface area contributed by atoms with Crippen molar-refractivity contribution in [3.63, 3.8) is 0 Å². The average Bonchev–Trinajstić information content (AvgIpc) is 2.83. The van der Waals surface area contributed by atoms with Gasteiger partial charge in [-0.15, -0.1) is 0 Å². The van der Waals surface area contributed by atoms with E-state index >= 15 is 0 Å². The van der Waals surface area contributed by atoms with Crippen molar-refractivity contribution < 1.29 is 9.47 Å². The van der Waals surface area contributed by atoms with Crippen molar-refractivity contribution in [2.24, 2.45) is 0 Å². The van der Waals surface area contributed by atoms with Gasteiger partial charge in [-0.25, -0.2) is 0 Å². The number of hydrogen-bond donors (Lipinski definition) is 1. The SMILES string of the molecule is COc1cc(Cl)c(C2CCCN2)cc1OC(C)C. The van der Waals surface area contributed by atoms with E-state index in [4.69, 9.17) is 21.1 Å². The van der Waals surface area contributed by atoms with Crippen molar-refractivity contribution in [1.29, 1.82) is 0 Å². The maximum atomic E-state index is 6.32. The summed E-state index contributed by atoms with van der Waals surface area (Å²) in [7, 11) is 1.63. The van der Waals surface area contributed by atoms with Crippen LogP contribution in [0.4, 0.5) is 0 Å². The Hall–Kier alpha value is -0.930. The van der Waals surface area contributed by atoms with Gasteiger partial charge in [0.25, 0.3) is 0 Å². The van der Waals surface area contributed by atoms with Crippen LogP contribution in [0.1, 0.15) is 38.3 Å². The van der Waals surface area contributed by atoms with E-state index in [1.807, 2.05) is 26.0 Å². The Kier molecular flexibility index (Phi) is 4.36. The van der Waals surface area contributed by atoms with E-state index in [-0.39, 0.29) is 6.10 Å². The lowest BCUT2D eigenvalue weighted by molar-refractivity contribution is 0.229. The third-order valence-electron chi connectivity index (χ3n) is 3.08. The second-order valence-electron chi connectivity index (χ2n) is 4.84. The molecule has 2 rings (SSSR count). The lowest BCUT2D eigenvalue weighted by Crippen LogP contribution is -2.14. The summed E-state index contributed by atoms with van der Waals surface area (Å²) >= 11 is 6.32. The van der Waals surface area contributed by atoms with E-state index in [1.54, 1.807) is 7.11 Å². The number of benzene rings is 1. The third kappa shape index (κ3) is 2.90. The van der Waals surface area contributed by atoms with Crippen LogP contribution in [0.15, 0.2) is 12.1 Å². The Bertz CT molecular complexity index is 415. The molecule has 1 aliphatic rings. The quantitative estimate of drug-likeness (QED) is 0.907. The number of hydrogen-bond acceptors (Lipinski definition) is 3. The van der Waals surface area contributed by atoms with Gasteiger partial charge in [0.1, 0.15) is 0 Å². The Labute approximate surface area is 113 Å². The summed E-state index contributed by atoms with van der Waals surface area (Å²) in [6, 6.07) is 4.18. The molecule has 1 unspecified atom stereocenters. The lowest BCUT2D eigenvalue weighted by Gasteiger charge is -2.18. The van der Waals surface area contributed by atoms with Crippen molar-refractivity contribution in [2.45, 2.75) is 38.8 Å². The van der Waals surface area contributed by atoms with Crippen LogP contribution in [0.5, 0.6) is 11.5 Å². The minimum Gasteiger partial charge on any atom is -0.493 e. The van der Waals surface area contributed by atoms with Gasteiger partial charge in [-0.2, -0.15) is 0 Å². The van der Waals surface area contributed by atoms with Gasteiger partial charge in [0.05, 0.1) is 13.2 Å². The smallest absolute Gasteiger partial charge is 0.162 e. The number of methoxy groups -OCH3 is 1. The zero-order chi connectivity index (χ0) is 13.1. The van der Waals surface area contributed by atoms with Gasteiger partial charge < -0.3 is 14.8 Å². The predicted molar refractivity (Wildman–Crippen MR) is 73.7 cm³/mol. The molecule has 0 radical (unpaired) electrons. The van der Waals surface area contributed by atoms with Gasteiger partial charge in [0.2, 0.25) is 0 Å². The van der Waals surface area contributed by atoms with Crippen LogP contribution in [-0.2, 0) is 0 Å². The standard InChI is InChI=1S/C14H20ClNO2/c1-9(2)18-14-7-10(12-5-4-6-16-12)11(15)8-13(14)17-3/h7-9,12,16H,4-6H2,1-3H3. The minimum absolute atomic E-state index is 0.115. The van der Waals surface area contributed by atoms with E-state index in [0.717, 1.165) is 29.3 Å². The van der Waals surface area contributed by atoms with Crippen molar-refractivity contribution in [1.82, 2.24) is 5.32 Å². The van der Waals surface area contributed by atoms with Crippen LogP contribution >= 0.6 is 11.6 Å². The first-order chi connectivity index (χ1) is 8.61. The van der Waals surface area contributed by atoms with Gasteiger partial charge in [-0.05, 0) is 44.9 Å². The highest BCUT2D eigenvalue weighted by Gasteiger charge is 2.21. The van der Waals surface area contributed by atoms with Crippen LogP contribution in [0.3, 0.4) is 0 Å². The molecule has 1 saturated heterocycles. The fourth-order valence-corrected chi connectivity index (χ4v) is 2.56. The Morgan fingerprint density at radius 3 is 2.67 bits per heavy atom. The Balaban J connectivity index is 2.34. The molecular formula is C14H20ClNO2. The highest BCUT2D eigenvalue weighted by molar-refractivity contribution is 6.31. The molecule has 1 atom stereocenters. The molecule has 100 valence electrons. The topological polar surface area (TPSA) is 30.5 Å². The fraction of sp³-hybridized carbons (Fsp3) is 0.571. The minimum atomic E-state index is 0.115. The first kappa shape index (κ1) is 13.5. The molecule has 1 aliphatic heterocycles. The number of ether oxygens (including phenoxy) is 2. The first-order valence-corrected chi connectivity index (χ1v) is 6.77. The van der Waals surface area contributed by atoms with Crippen LogP contribution in [0.25, 0.3) is 0 Å². The summed E-state index contributed by atoms with van der Waals surface area (Å²) in [4.78, 5) is 0. The van der Waals surface area contributed by atoms with Crippen molar-refractivity contribution in [2.75, 3.05) is 13.7 Å². The molecule has 0 aliphatic carbocycles. The molecule has 1 N–H and O–H groups in total. The molecule has 18 heavy (non-hydrogen) atoms. The molecule has 1 fully saturated rings. The molecule has 0 spiro atoms. The molecule has 3 nitrogen and oxygen atoms in total. The maximum absolute atomic E-state index is 6.32. The van der Waals surface area contributed by atoms with Crippen molar-refractivity contribution in [3.05, 3.63) is 22.7 Å². The average molecular weight is 270 g/mol. The van der Waals surface area contributed by atoms with E-state index in [1.165, 1.54) is 6.42 Å². The van der Waals surface area contributed by atoms with Gasteiger partial charge in [-0.3, -0.25) is 0 Å². The normalized spacial score (nSPS) is 19.3. The van der Waals surface area contributed by atoms with Crippen LogP contribution in [0.2, 0.25) is 5.02 Å². The maximum Gasteiger partial charge on any atom is 0.162 e. The van der Waals surface area contributed by atoms with Crippen LogP contribution in [0, 0.1) is 0 Å². The summed E-state index contributed by atoms with van der Waals surface area (Å²) in [5.41, 5.74) is 1.10. The molecule has 4 heteroatoms. The van der Waals surface area contributed by atoms with E-state index < -0.39 is 0 Å². The predicted octanol–water partition coefficient (Wildman–Crippen LogP) is 3.56. The fourth-order valence-electron chi connectivity index (χ4n) is 2.27. The summed E-state index contributed by atoms with van der Waals surface area (Å²) in [5, 5.41) is 4.19. The monoisotopic (exact) mass is 269 g/mol. The summed E-state index contributed by atoms with van der Waals surface area (Å²) < 4.78 is 11.1. The summed E-state index contributed by atoms with van der Waals surface area (Å²) in [5.74, 6) is 1.45. The molecule has 1 aromatic rings. The van der Waals surface area contributed by atoms with Gasteiger partial charge in [0, 0.05) is 17.1 Å². The number of halogens is 1. The second kappa shape index (κ2) is 5.81. The Morgan fingerprint density at radius 1 is 1.33 bits per heavy atom. The Morgan fingerprint density at radius 2 is 2.11 bits per heavy atom. The van der Waals surface area contributed by atoms with E-state index in [0.29, 0.717) is 11.8 Å². The lowest BCUT2D eigenvalue weighted by atomic mass is 10.0. The molecule has 0 amide bonds. The van der Waals surface area contributed by atoms with Gasteiger partial charge >= 0.3 is 0 Å². The van der Waals surface area contributed by atoms with Crippen LogP contribution in [-0.4, -0.2) is 19.8 Å². The molecule has 1 aromatic carbocycles. The molecule has 0 aromatic heterocycles. The van der Waals surface area contributed by atoms with Crippen molar-refractivity contribution in [3.8, 4) is 11.5 Å². The number of rotatable bonds is 4. The zero-order valence-electron chi connectivity index (χ0n) is 11.1. The number of nitrogens with one attached hydrogen (secondary N) is 1. The highest BCUT2D eigenvalue weighted by atomic mass is 35.5. The van der Waals surface area contributed by atoms with Gasteiger partial charge in [0.15, 0.2) is 11.5 Å². The van der Waals surface area contributed by atoms with Gasteiger partial charge in [-0.1, -0.05) is 11.6 Å². The third-order valence-corrected chi connectivity index (χ3v) is 3.41. The summed E-state index contributed by atoms with van der Waals surface area (Å²) in [6.07, 6.45) is 2.42. The highest BCUT2D eigenvalue weighted by Crippen LogP contribution is 2.38. The first-order valence-electron chi connectivity index (χ1n) is 6.39. The van der Waals surface area contributed by atoms with E-state index in [9.17, 15) is 0 Å². The van der Waals surface area contributed by atoms with E-state index in [2.05, 4.69) is 5.32 Å². The second-order valence-corrected chi connectivity index (χ2v) is 5.25. The summed E-state index contributed by atoms with van der Waals surface area (Å²) in [6.45, 7) is 5.05. The molecule has 0 saturated carbocycles.